The number of benzene rings is 2. The number of hydrogen-bond acceptors (Lipinski definition) is 5. The zero-order valence-electron chi connectivity index (χ0n) is 10.4. The Morgan fingerprint density at radius 1 is 1.05 bits per heavy atom. The third-order valence-electron chi connectivity index (χ3n) is 2.30. The number of carbonyl (C=O) groups excluding carboxylic acids is 1. The fourth-order valence-corrected chi connectivity index (χ4v) is 1.36. The summed E-state index contributed by atoms with van der Waals surface area (Å²) in [5, 5.41) is 18.6. The second-order valence-electron chi connectivity index (χ2n) is 3.60. The van der Waals surface area contributed by atoms with Gasteiger partial charge in [-0.3, -0.25) is 0 Å². The van der Waals surface area contributed by atoms with Gasteiger partial charge in [-0.1, -0.05) is 24.3 Å². The van der Waals surface area contributed by atoms with Gasteiger partial charge in [0.1, 0.15) is 5.69 Å². The zero-order valence-corrected chi connectivity index (χ0v) is 12.4. The number of anilines is 1. The fraction of sp³-hybridized carbons (Fsp3) is 0. The summed E-state index contributed by atoms with van der Waals surface area (Å²) in [5.41, 5.74) is 7.04. The Morgan fingerprint density at radius 3 is 2.37 bits per heavy atom. The molecule has 0 aliphatic rings. The van der Waals surface area contributed by atoms with Crippen molar-refractivity contribution in [2.45, 2.75) is 0 Å². The Morgan fingerprint density at radius 2 is 1.74 bits per heavy atom. The molecule has 0 radical (unpaired) electrons. The van der Waals surface area contributed by atoms with Crippen LogP contribution in [0.25, 0.3) is 0 Å². The molecular weight excluding hydrogens is 253 g/mol. The summed E-state index contributed by atoms with van der Waals surface area (Å²) in [6, 6.07) is 13.2. The van der Waals surface area contributed by atoms with E-state index in [0.29, 0.717) is 17.1 Å². The molecule has 0 fully saturated rings. The van der Waals surface area contributed by atoms with Gasteiger partial charge in [-0.2, -0.15) is 5.11 Å². The van der Waals surface area contributed by atoms with Gasteiger partial charge in [-0.05, 0) is 29.8 Å². The molecule has 0 aromatic heterocycles. The molecule has 2 aromatic carbocycles. The molecule has 0 aliphatic heterocycles. The number of hydrogen-bond donors (Lipinski definition) is 1. The predicted molar refractivity (Wildman–Crippen MR) is 65.8 cm³/mol. The van der Waals surface area contributed by atoms with Crippen LogP contribution in [0.3, 0.4) is 0 Å². The van der Waals surface area contributed by atoms with Crippen LogP contribution in [0.1, 0.15) is 10.4 Å². The molecule has 0 amide bonds. The van der Waals surface area contributed by atoms with E-state index in [2.05, 4.69) is 10.2 Å². The van der Waals surface area contributed by atoms with Gasteiger partial charge in [0.25, 0.3) is 0 Å². The van der Waals surface area contributed by atoms with Crippen molar-refractivity contribution in [3.8, 4) is 0 Å². The van der Waals surface area contributed by atoms with Crippen LogP contribution in [0.4, 0.5) is 17.1 Å². The van der Waals surface area contributed by atoms with Crippen molar-refractivity contribution in [2.75, 3.05) is 5.73 Å². The Balaban J connectivity index is 0.00000180. The predicted octanol–water partition coefficient (Wildman–Crippen LogP) is -0.948. The average molecular weight is 263 g/mol. The minimum Gasteiger partial charge on any atom is -0.545 e. The Kier molecular flexibility index (Phi) is 5.69. The number of carbonyl (C=O) groups is 1. The van der Waals surface area contributed by atoms with Crippen molar-refractivity contribution in [1.29, 1.82) is 0 Å². The van der Waals surface area contributed by atoms with E-state index in [1.807, 2.05) is 18.2 Å². The smallest absolute Gasteiger partial charge is 0.545 e. The van der Waals surface area contributed by atoms with Gasteiger partial charge in [-0.15, -0.1) is 5.11 Å². The van der Waals surface area contributed by atoms with Gasteiger partial charge in [-0.25, -0.2) is 0 Å². The quantitative estimate of drug-likeness (QED) is 0.440. The van der Waals surface area contributed by atoms with Crippen LogP contribution in [0.5, 0.6) is 0 Å². The largest absolute Gasteiger partial charge is 1.00 e. The van der Waals surface area contributed by atoms with Crippen molar-refractivity contribution >= 4 is 23.0 Å². The van der Waals surface area contributed by atoms with Crippen molar-refractivity contribution in [3.63, 3.8) is 0 Å². The van der Waals surface area contributed by atoms with E-state index in [1.54, 1.807) is 12.1 Å². The first-order valence-electron chi connectivity index (χ1n) is 5.24. The summed E-state index contributed by atoms with van der Waals surface area (Å²) >= 11 is 0. The van der Waals surface area contributed by atoms with E-state index in [0.717, 1.165) is 0 Å². The van der Waals surface area contributed by atoms with Gasteiger partial charge in [0.2, 0.25) is 0 Å². The molecule has 19 heavy (non-hydrogen) atoms. The topological polar surface area (TPSA) is 90.9 Å². The van der Waals surface area contributed by atoms with Crippen LogP contribution in [-0.4, -0.2) is 5.97 Å². The molecule has 0 spiro atoms. The summed E-state index contributed by atoms with van der Waals surface area (Å²) in [7, 11) is 0. The SMILES string of the molecule is Nc1ccc(C(=O)[O-])cc1N=Nc1ccccc1.[Na+]. The van der Waals surface area contributed by atoms with E-state index in [9.17, 15) is 9.90 Å². The van der Waals surface area contributed by atoms with Gasteiger partial charge >= 0.3 is 29.6 Å². The van der Waals surface area contributed by atoms with Crippen LogP contribution < -0.4 is 40.4 Å². The molecule has 2 rings (SSSR count). The molecule has 0 aliphatic carbocycles. The van der Waals surface area contributed by atoms with Crippen LogP contribution >= 0.6 is 0 Å². The fourth-order valence-electron chi connectivity index (χ4n) is 1.36. The zero-order chi connectivity index (χ0) is 13.0. The standard InChI is InChI=1S/C13H11N3O2.Na/c14-11-7-6-9(13(17)18)8-12(11)16-15-10-4-2-1-3-5-10;/h1-8H,14H2,(H,17,18);/q;+1/p-1. The molecule has 5 nitrogen and oxygen atoms in total. The third-order valence-corrected chi connectivity index (χ3v) is 2.30. The summed E-state index contributed by atoms with van der Waals surface area (Å²) in [4.78, 5) is 10.7. The first kappa shape index (κ1) is 15.4. The van der Waals surface area contributed by atoms with Gasteiger partial charge in [0.05, 0.1) is 17.3 Å². The molecule has 2 aromatic rings. The van der Waals surface area contributed by atoms with E-state index in [4.69, 9.17) is 5.73 Å². The van der Waals surface area contributed by atoms with Crippen molar-refractivity contribution in [3.05, 3.63) is 54.1 Å². The van der Waals surface area contributed by atoms with Crippen LogP contribution in [0, 0.1) is 0 Å². The molecule has 0 unspecified atom stereocenters. The average Bonchev–Trinajstić information content (AvgIpc) is 2.38. The summed E-state index contributed by atoms with van der Waals surface area (Å²) in [6.07, 6.45) is 0. The van der Waals surface area contributed by atoms with E-state index in [1.165, 1.54) is 18.2 Å². The second kappa shape index (κ2) is 7.04. The molecule has 2 N–H and O–H groups in total. The Hall–Kier alpha value is -1.69. The maximum absolute atomic E-state index is 10.7. The van der Waals surface area contributed by atoms with Crippen molar-refractivity contribution in [1.82, 2.24) is 0 Å². The number of nitrogens with zero attached hydrogens (tertiary/aromatic N) is 2. The Labute approximate surface area is 132 Å². The summed E-state index contributed by atoms with van der Waals surface area (Å²) in [5.74, 6) is -1.27. The molecule has 0 atom stereocenters. The molecular formula is C13H10N3NaO2. The van der Waals surface area contributed by atoms with Crippen molar-refractivity contribution < 1.29 is 39.5 Å². The molecule has 0 heterocycles. The third kappa shape index (κ3) is 4.17. The molecule has 0 saturated carbocycles. The number of carboxylic acid groups (broad SMARTS) is 1. The number of nitrogens with two attached hydrogens (primary N) is 1. The Bertz CT molecular complexity index is 600. The molecule has 90 valence electrons. The van der Waals surface area contributed by atoms with Crippen LogP contribution in [0.15, 0.2) is 58.8 Å². The van der Waals surface area contributed by atoms with Gasteiger partial charge < -0.3 is 15.6 Å². The van der Waals surface area contributed by atoms with E-state index in [-0.39, 0.29) is 35.1 Å². The first-order valence-corrected chi connectivity index (χ1v) is 5.24. The monoisotopic (exact) mass is 263 g/mol. The number of carboxylic acids is 1. The van der Waals surface area contributed by atoms with Crippen LogP contribution in [0.2, 0.25) is 0 Å². The molecule has 6 heteroatoms. The molecule has 0 bridgehead atoms. The maximum Gasteiger partial charge on any atom is 1.00 e. The van der Waals surface area contributed by atoms with Crippen LogP contribution in [-0.2, 0) is 0 Å². The van der Waals surface area contributed by atoms with E-state index < -0.39 is 5.97 Å². The summed E-state index contributed by atoms with van der Waals surface area (Å²) in [6.45, 7) is 0. The number of rotatable bonds is 3. The number of aromatic carboxylic acids is 1. The van der Waals surface area contributed by atoms with Gasteiger partial charge in [0, 0.05) is 0 Å². The minimum absolute atomic E-state index is 0. The first-order chi connectivity index (χ1) is 8.66. The maximum atomic E-state index is 10.7. The number of azo groups is 1. The molecule has 0 saturated heterocycles. The van der Waals surface area contributed by atoms with E-state index >= 15 is 0 Å². The summed E-state index contributed by atoms with van der Waals surface area (Å²) < 4.78 is 0. The minimum atomic E-state index is -1.27. The second-order valence-corrected chi connectivity index (χ2v) is 3.60. The van der Waals surface area contributed by atoms with Crippen molar-refractivity contribution in [2.24, 2.45) is 10.2 Å². The number of nitrogen functional groups attached to an aromatic ring is 1. The normalized spacial score (nSPS) is 10.1. The van der Waals surface area contributed by atoms with Gasteiger partial charge in [0.15, 0.2) is 0 Å².